The average molecular weight is 201 g/mol. The quantitative estimate of drug-likeness (QED) is 0.369. The Balaban J connectivity index is 4.36. The van der Waals surface area contributed by atoms with Gasteiger partial charge in [-0.3, -0.25) is 4.79 Å². The van der Waals surface area contributed by atoms with E-state index < -0.39 is 23.7 Å². The second kappa shape index (κ2) is 6.23. The molecular weight excluding hydrogens is 186 g/mol. The fraction of sp³-hybridized carbons (Fsp3) is 0.778. The van der Waals surface area contributed by atoms with Gasteiger partial charge in [-0.2, -0.15) is 4.91 Å². The number of nitroso groups, excluding NO2 is 1. The average Bonchev–Trinajstić information content (AvgIpc) is 2.18. The zero-order valence-corrected chi connectivity index (χ0v) is 8.65. The van der Waals surface area contributed by atoms with Crippen molar-refractivity contribution >= 4 is 11.8 Å². The number of ketones is 1. The van der Waals surface area contributed by atoms with Crippen molar-refractivity contribution < 1.29 is 14.3 Å². The second-order valence-corrected chi connectivity index (χ2v) is 2.95. The summed E-state index contributed by atoms with van der Waals surface area (Å²) in [6, 6.07) is -0.646. The van der Waals surface area contributed by atoms with E-state index in [2.05, 4.69) is 9.91 Å². The van der Waals surface area contributed by atoms with E-state index in [1.807, 2.05) is 0 Å². The number of carbonyl (C=O) groups is 2. The van der Waals surface area contributed by atoms with Gasteiger partial charge in [-0.15, -0.1) is 0 Å². The fourth-order valence-corrected chi connectivity index (χ4v) is 1.08. The molecule has 14 heavy (non-hydrogen) atoms. The van der Waals surface area contributed by atoms with Crippen LogP contribution >= 0.6 is 0 Å². The Labute approximate surface area is 82.8 Å². The highest BCUT2D eigenvalue weighted by molar-refractivity contribution is 6.34. The molecule has 0 amide bonds. The van der Waals surface area contributed by atoms with E-state index in [-0.39, 0.29) is 6.61 Å². The van der Waals surface area contributed by atoms with Crippen LogP contribution in [0.25, 0.3) is 0 Å². The van der Waals surface area contributed by atoms with Crippen LogP contribution in [0.5, 0.6) is 0 Å². The third-order valence-electron chi connectivity index (χ3n) is 2.02. The Hall–Kier alpha value is -1.26. The normalized spacial score (nSPS) is 14.2. The molecule has 0 aromatic heterocycles. The Morgan fingerprint density at radius 2 is 1.93 bits per heavy atom. The number of esters is 1. The summed E-state index contributed by atoms with van der Waals surface area (Å²) >= 11 is 0. The van der Waals surface area contributed by atoms with E-state index in [1.54, 1.807) is 13.8 Å². The van der Waals surface area contributed by atoms with Gasteiger partial charge in [0.1, 0.15) is 6.04 Å². The molecule has 80 valence electrons. The first-order chi connectivity index (χ1) is 6.58. The summed E-state index contributed by atoms with van der Waals surface area (Å²) in [5.41, 5.74) is 0. The molecule has 5 heteroatoms. The van der Waals surface area contributed by atoms with Crippen molar-refractivity contribution in [1.82, 2.24) is 0 Å². The largest absolute Gasteiger partial charge is 0.460 e. The SMILES string of the molecule is CCOC(=O)C(=O)C(C)C(CC)N=O. The summed E-state index contributed by atoms with van der Waals surface area (Å²) in [5, 5.41) is 2.79. The predicted molar refractivity (Wildman–Crippen MR) is 50.7 cm³/mol. The Kier molecular flexibility index (Phi) is 5.67. The van der Waals surface area contributed by atoms with Crippen molar-refractivity contribution in [1.29, 1.82) is 0 Å². The lowest BCUT2D eigenvalue weighted by Gasteiger charge is -2.12. The van der Waals surface area contributed by atoms with Gasteiger partial charge < -0.3 is 4.74 Å². The van der Waals surface area contributed by atoms with E-state index in [0.717, 1.165) is 0 Å². The topological polar surface area (TPSA) is 72.8 Å². The first-order valence-corrected chi connectivity index (χ1v) is 4.61. The number of hydrogen-bond donors (Lipinski definition) is 0. The van der Waals surface area contributed by atoms with Crippen LogP contribution in [-0.4, -0.2) is 24.4 Å². The van der Waals surface area contributed by atoms with Crippen LogP contribution in [0, 0.1) is 10.8 Å². The van der Waals surface area contributed by atoms with E-state index in [1.165, 1.54) is 6.92 Å². The standard InChI is InChI=1S/C9H15NO4/c1-4-7(10-13)6(3)8(11)9(12)14-5-2/h6-7H,4-5H2,1-3H3. The summed E-state index contributed by atoms with van der Waals surface area (Å²) in [6.45, 7) is 5.02. The Morgan fingerprint density at radius 1 is 1.36 bits per heavy atom. The minimum absolute atomic E-state index is 0.155. The molecule has 2 atom stereocenters. The highest BCUT2D eigenvalue weighted by atomic mass is 16.5. The molecule has 0 aromatic rings. The summed E-state index contributed by atoms with van der Waals surface area (Å²) < 4.78 is 4.53. The molecule has 0 heterocycles. The highest BCUT2D eigenvalue weighted by Gasteiger charge is 2.29. The molecular formula is C9H15NO4. The highest BCUT2D eigenvalue weighted by Crippen LogP contribution is 2.12. The monoisotopic (exact) mass is 201 g/mol. The van der Waals surface area contributed by atoms with Gasteiger partial charge in [0.2, 0.25) is 5.78 Å². The molecule has 0 rings (SSSR count). The summed E-state index contributed by atoms with van der Waals surface area (Å²) in [6.07, 6.45) is 0.440. The molecule has 0 bridgehead atoms. The molecule has 0 N–H and O–H groups in total. The smallest absolute Gasteiger partial charge is 0.374 e. The van der Waals surface area contributed by atoms with Gasteiger partial charge in [-0.25, -0.2) is 4.79 Å². The molecule has 0 aromatic carbocycles. The minimum atomic E-state index is -0.887. The van der Waals surface area contributed by atoms with Gasteiger partial charge >= 0.3 is 5.97 Å². The number of nitrogens with zero attached hydrogens (tertiary/aromatic N) is 1. The lowest BCUT2D eigenvalue weighted by Crippen LogP contribution is -2.31. The zero-order valence-electron chi connectivity index (χ0n) is 8.65. The van der Waals surface area contributed by atoms with Crippen LogP contribution in [0.4, 0.5) is 0 Å². The zero-order chi connectivity index (χ0) is 11.1. The lowest BCUT2D eigenvalue weighted by atomic mass is 9.96. The maximum absolute atomic E-state index is 11.3. The fourth-order valence-electron chi connectivity index (χ4n) is 1.08. The van der Waals surface area contributed by atoms with Crippen LogP contribution in [0.2, 0.25) is 0 Å². The first kappa shape index (κ1) is 12.7. The van der Waals surface area contributed by atoms with Crippen LogP contribution in [0.15, 0.2) is 5.18 Å². The van der Waals surface area contributed by atoms with Crippen LogP contribution < -0.4 is 0 Å². The van der Waals surface area contributed by atoms with Gasteiger partial charge in [0.15, 0.2) is 0 Å². The number of carbonyl (C=O) groups excluding carboxylic acids is 2. The number of rotatable bonds is 6. The number of hydrogen-bond acceptors (Lipinski definition) is 5. The molecule has 0 aliphatic heterocycles. The van der Waals surface area contributed by atoms with Crippen LogP contribution in [0.1, 0.15) is 27.2 Å². The molecule has 2 unspecified atom stereocenters. The molecule has 0 saturated carbocycles. The van der Waals surface area contributed by atoms with Gasteiger partial charge in [0, 0.05) is 0 Å². The number of Topliss-reactive ketones (excluding diaryl/α,β-unsaturated/α-hetero) is 1. The van der Waals surface area contributed by atoms with E-state index >= 15 is 0 Å². The van der Waals surface area contributed by atoms with Crippen LogP contribution in [0.3, 0.4) is 0 Å². The van der Waals surface area contributed by atoms with Crippen molar-refractivity contribution in [2.24, 2.45) is 11.1 Å². The van der Waals surface area contributed by atoms with Crippen molar-refractivity contribution in [2.75, 3.05) is 6.61 Å². The summed E-state index contributed by atoms with van der Waals surface area (Å²) in [5.74, 6) is -2.27. The minimum Gasteiger partial charge on any atom is -0.460 e. The van der Waals surface area contributed by atoms with Gasteiger partial charge in [0.25, 0.3) is 0 Å². The Bertz CT molecular complexity index is 227. The van der Waals surface area contributed by atoms with E-state index in [9.17, 15) is 14.5 Å². The van der Waals surface area contributed by atoms with Gasteiger partial charge in [-0.1, -0.05) is 19.0 Å². The molecule has 0 saturated heterocycles. The third-order valence-corrected chi connectivity index (χ3v) is 2.02. The van der Waals surface area contributed by atoms with Crippen molar-refractivity contribution in [3.63, 3.8) is 0 Å². The number of ether oxygens (including phenoxy) is 1. The van der Waals surface area contributed by atoms with Crippen molar-refractivity contribution in [2.45, 2.75) is 33.2 Å². The van der Waals surface area contributed by atoms with Gasteiger partial charge in [0.05, 0.1) is 12.5 Å². The van der Waals surface area contributed by atoms with Gasteiger partial charge in [-0.05, 0) is 13.3 Å². The molecule has 0 fully saturated rings. The molecule has 0 aliphatic carbocycles. The molecule has 0 aliphatic rings. The maximum atomic E-state index is 11.3. The molecule has 0 spiro atoms. The maximum Gasteiger partial charge on any atom is 0.374 e. The van der Waals surface area contributed by atoms with Crippen molar-refractivity contribution in [3.05, 3.63) is 4.91 Å². The van der Waals surface area contributed by atoms with E-state index in [0.29, 0.717) is 6.42 Å². The lowest BCUT2D eigenvalue weighted by molar-refractivity contribution is -0.155. The first-order valence-electron chi connectivity index (χ1n) is 4.61. The van der Waals surface area contributed by atoms with Crippen molar-refractivity contribution in [3.8, 4) is 0 Å². The third kappa shape index (κ3) is 3.24. The van der Waals surface area contributed by atoms with E-state index in [4.69, 9.17) is 0 Å². The predicted octanol–water partition coefficient (Wildman–Crippen LogP) is 1.30. The summed E-state index contributed by atoms with van der Waals surface area (Å²) in [7, 11) is 0. The van der Waals surface area contributed by atoms with Crippen LogP contribution in [-0.2, 0) is 14.3 Å². The Morgan fingerprint density at radius 3 is 2.29 bits per heavy atom. The summed E-state index contributed by atoms with van der Waals surface area (Å²) in [4.78, 5) is 32.6. The second-order valence-electron chi connectivity index (χ2n) is 2.95. The molecule has 0 radical (unpaired) electrons. The molecule has 5 nitrogen and oxygen atoms in total.